The predicted octanol–water partition coefficient (Wildman–Crippen LogP) is 4.08. The first-order valence-electron chi connectivity index (χ1n) is 8.28. The SMILES string of the molecule is O=C(Nc1cccc(I)c1)NC1CCN(Cc2ccccc2)CC1. The number of carbonyl (C=O) groups excluding carboxylic acids is 1. The number of hydrogen-bond donors (Lipinski definition) is 2. The number of hydrogen-bond acceptors (Lipinski definition) is 2. The largest absolute Gasteiger partial charge is 0.335 e. The van der Waals surface area contributed by atoms with Crippen molar-refractivity contribution >= 4 is 34.3 Å². The van der Waals surface area contributed by atoms with Crippen molar-refractivity contribution in [3.8, 4) is 0 Å². The van der Waals surface area contributed by atoms with Crippen molar-refractivity contribution in [2.75, 3.05) is 18.4 Å². The van der Waals surface area contributed by atoms with Gasteiger partial charge in [-0.1, -0.05) is 36.4 Å². The van der Waals surface area contributed by atoms with Gasteiger partial charge >= 0.3 is 6.03 Å². The third-order valence-corrected chi connectivity index (χ3v) is 4.93. The zero-order chi connectivity index (χ0) is 16.8. The van der Waals surface area contributed by atoms with Crippen LogP contribution in [0.5, 0.6) is 0 Å². The molecule has 2 N–H and O–H groups in total. The fourth-order valence-corrected chi connectivity index (χ4v) is 3.54. The van der Waals surface area contributed by atoms with E-state index in [-0.39, 0.29) is 12.1 Å². The molecule has 0 aliphatic carbocycles. The number of nitrogens with zero attached hydrogens (tertiary/aromatic N) is 1. The third kappa shape index (κ3) is 5.21. The number of likely N-dealkylation sites (tertiary alicyclic amines) is 1. The number of piperidine rings is 1. The number of urea groups is 1. The number of halogens is 1. The van der Waals surface area contributed by atoms with Gasteiger partial charge in [0.2, 0.25) is 0 Å². The summed E-state index contributed by atoms with van der Waals surface area (Å²) in [5.41, 5.74) is 2.18. The van der Waals surface area contributed by atoms with E-state index in [1.54, 1.807) is 0 Å². The number of benzene rings is 2. The molecule has 0 bridgehead atoms. The second kappa shape index (κ2) is 8.48. The molecule has 1 aliphatic heterocycles. The van der Waals surface area contributed by atoms with Crippen molar-refractivity contribution in [3.05, 3.63) is 63.7 Å². The fourth-order valence-electron chi connectivity index (χ4n) is 3.00. The van der Waals surface area contributed by atoms with Gasteiger partial charge in [0.25, 0.3) is 0 Å². The molecule has 5 heteroatoms. The van der Waals surface area contributed by atoms with Crippen LogP contribution in [-0.2, 0) is 6.54 Å². The molecule has 1 saturated heterocycles. The van der Waals surface area contributed by atoms with Crippen molar-refractivity contribution < 1.29 is 4.79 Å². The summed E-state index contributed by atoms with van der Waals surface area (Å²) >= 11 is 2.24. The van der Waals surface area contributed by atoms with E-state index < -0.39 is 0 Å². The molecule has 1 aliphatic rings. The fraction of sp³-hybridized carbons (Fsp3) is 0.316. The molecule has 2 amide bonds. The van der Waals surface area contributed by atoms with Crippen molar-refractivity contribution in [1.29, 1.82) is 0 Å². The molecule has 24 heavy (non-hydrogen) atoms. The van der Waals surface area contributed by atoms with Crippen LogP contribution in [0.2, 0.25) is 0 Å². The summed E-state index contributed by atoms with van der Waals surface area (Å²) < 4.78 is 1.11. The van der Waals surface area contributed by atoms with Crippen LogP contribution < -0.4 is 10.6 Å². The van der Waals surface area contributed by atoms with E-state index in [0.29, 0.717) is 0 Å². The number of carbonyl (C=O) groups is 1. The highest BCUT2D eigenvalue weighted by atomic mass is 127. The minimum absolute atomic E-state index is 0.112. The molecule has 4 nitrogen and oxygen atoms in total. The van der Waals surface area contributed by atoms with Crippen molar-refractivity contribution in [3.63, 3.8) is 0 Å². The maximum atomic E-state index is 12.1. The summed E-state index contributed by atoms with van der Waals surface area (Å²) in [5, 5.41) is 6.00. The standard InChI is InChI=1S/C19H22IN3O/c20-16-7-4-8-18(13-16)22-19(24)21-17-9-11-23(12-10-17)14-15-5-2-1-3-6-15/h1-8,13,17H,9-12,14H2,(H2,21,22,24). The van der Waals surface area contributed by atoms with Gasteiger partial charge in [-0.2, -0.15) is 0 Å². The maximum absolute atomic E-state index is 12.1. The Kier molecular flexibility index (Phi) is 6.09. The Bertz CT molecular complexity index is 669. The van der Waals surface area contributed by atoms with Gasteiger partial charge in [-0.25, -0.2) is 4.79 Å². The van der Waals surface area contributed by atoms with Gasteiger partial charge in [0.1, 0.15) is 0 Å². The van der Waals surface area contributed by atoms with Crippen LogP contribution in [0.4, 0.5) is 10.5 Å². The summed E-state index contributed by atoms with van der Waals surface area (Å²) in [6, 6.07) is 18.5. The molecule has 0 saturated carbocycles. The minimum atomic E-state index is -0.112. The van der Waals surface area contributed by atoms with E-state index in [0.717, 1.165) is 41.7 Å². The van der Waals surface area contributed by atoms with E-state index >= 15 is 0 Å². The lowest BCUT2D eigenvalue weighted by Crippen LogP contribution is -2.45. The van der Waals surface area contributed by atoms with E-state index in [4.69, 9.17) is 0 Å². The molecule has 0 radical (unpaired) electrons. The molecule has 1 fully saturated rings. The monoisotopic (exact) mass is 435 g/mol. The molecule has 0 aromatic heterocycles. The lowest BCUT2D eigenvalue weighted by Gasteiger charge is -2.32. The first-order chi connectivity index (χ1) is 11.7. The normalized spacial score (nSPS) is 15.9. The van der Waals surface area contributed by atoms with Gasteiger partial charge in [-0.3, -0.25) is 4.90 Å². The lowest BCUT2D eigenvalue weighted by atomic mass is 10.0. The predicted molar refractivity (Wildman–Crippen MR) is 106 cm³/mol. The Morgan fingerprint density at radius 3 is 2.54 bits per heavy atom. The van der Waals surface area contributed by atoms with Gasteiger partial charge < -0.3 is 10.6 Å². The highest BCUT2D eigenvalue weighted by molar-refractivity contribution is 14.1. The van der Waals surface area contributed by atoms with Crippen LogP contribution >= 0.6 is 22.6 Å². The number of nitrogens with one attached hydrogen (secondary N) is 2. The van der Waals surface area contributed by atoms with Crippen LogP contribution in [-0.4, -0.2) is 30.1 Å². The summed E-state index contributed by atoms with van der Waals surface area (Å²) in [6.45, 7) is 3.02. The average molecular weight is 435 g/mol. The van der Waals surface area contributed by atoms with E-state index in [1.807, 2.05) is 30.3 Å². The summed E-state index contributed by atoms with van der Waals surface area (Å²) in [5.74, 6) is 0. The second-order valence-corrected chi connectivity index (χ2v) is 7.39. The van der Waals surface area contributed by atoms with E-state index in [2.05, 4.69) is 62.4 Å². The Morgan fingerprint density at radius 1 is 1.08 bits per heavy atom. The Hall–Kier alpha value is -1.60. The molecule has 1 heterocycles. The smallest absolute Gasteiger partial charge is 0.319 e. The quantitative estimate of drug-likeness (QED) is 0.712. The number of rotatable bonds is 4. The molecule has 0 unspecified atom stereocenters. The van der Waals surface area contributed by atoms with Crippen molar-refractivity contribution in [1.82, 2.24) is 10.2 Å². The molecule has 3 rings (SSSR count). The molecular weight excluding hydrogens is 413 g/mol. The van der Waals surface area contributed by atoms with Crippen LogP contribution in [0, 0.1) is 3.57 Å². The van der Waals surface area contributed by atoms with Crippen LogP contribution in [0.1, 0.15) is 18.4 Å². The molecular formula is C19H22IN3O. The highest BCUT2D eigenvalue weighted by Gasteiger charge is 2.20. The highest BCUT2D eigenvalue weighted by Crippen LogP contribution is 2.15. The van der Waals surface area contributed by atoms with Gasteiger partial charge in [-0.15, -0.1) is 0 Å². The number of amides is 2. The van der Waals surface area contributed by atoms with Gasteiger partial charge in [0.05, 0.1) is 0 Å². The molecule has 126 valence electrons. The maximum Gasteiger partial charge on any atom is 0.319 e. The molecule has 0 spiro atoms. The molecule has 2 aromatic rings. The van der Waals surface area contributed by atoms with Gasteiger partial charge in [0.15, 0.2) is 0 Å². The Labute approximate surface area is 156 Å². The second-order valence-electron chi connectivity index (χ2n) is 6.14. The molecule has 2 aromatic carbocycles. The summed E-state index contributed by atoms with van der Waals surface area (Å²) in [4.78, 5) is 14.6. The van der Waals surface area contributed by atoms with E-state index in [1.165, 1.54) is 5.56 Å². The third-order valence-electron chi connectivity index (χ3n) is 4.25. The summed E-state index contributed by atoms with van der Waals surface area (Å²) in [7, 11) is 0. The zero-order valence-corrected chi connectivity index (χ0v) is 15.7. The average Bonchev–Trinajstić information content (AvgIpc) is 2.57. The van der Waals surface area contributed by atoms with Gasteiger partial charge in [-0.05, 0) is 59.2 Å². The topological polar surface area (TPSA) is 44.4 Å². The first kappa shape index (κ1) is 17.2. The summed E-state index contributed by atoms with van der Waals surface area (Å²) in [6.07, 6.45) is 1.99. The van der Waals surface area contributed by atoms with Crippen molar-refractivity contribution in [2.45, 2.75) is 25.4 Å². The number of anilines is 1. The van der Waals surface area contributed by atoms with Crippen LogP contribution in [0.15, 0.2) is 54.6 Å². The van der Waals surface area contributed by atoms with Gasteiger partial charge in [0, 0.05) is 34.9 Å². The van der Waals surface area contributed by atoms with Crippen molar-refractivity contribution in [2.24, 2.45) is 0 Å². The van der Waals surface area contributed by atoms with Crippen LogP contribution in [0.25, 0.3) is 0 Å². The molecule has 0 atom stereocenters. The van der Waals surface area contributed by atoms with Crippen LogP contribution in [0.3, 0.4) is 0 Å². The lowest BCUT2D eigenvalue weighted by molar-refractivity contribution is 0.190. The first-order valence-corrected chi connectivity index (χ1v) is 9.36. The Balaban J connectivity index is 1.42. The zero-order valence-electron chi connectivity index (χ0n) is 13.5. The minimum Gasteiger partial charge on any atom is -0.335 e. The Morgan fingerprint density at radius 2 is 1.83 bits per heavy atom. The van der Waals surface area contributed by atoms with E-state index in [9.17, 15) is 4.79 Å².